The van der Waals surface area contributed by atoms with E-state index in [-0.39, 0.29) is 35.1 Å². The molecular weight excluding hydrogens is 459 g/mol. The molecular formula is C23H21F5N4O2. The third-order valence-corrected chi connectivity index (χ3v) is 6.92. The number of tetrazole rings is 1. The summed E-state index contributed by atoms with van der Waals surface area (Å²) in [6.07, 6.45) is -0.631. The third-order valence-electron chi connectivity index (χ3n) is 6.92. The minimum atomic E-state index is -4.40. The Morgan fingerprint density at radius 1 is 1.03 bits per heavy atom. The summed E-state index contributed by atoms with van der Waals surface area (Å²) in [6, 6.07) is 9.67. The maximum absolute atomic E-state index is 14.7. The van der Waals surface area contributed by atoms with E-state index in [1.807, 2.05) is 0 Å². The van der Waals surface area contributed by atoms with Gasteiger partial charge in [0.05, 0.1) is 6.54 Å². The van der Waals surface area contributed by atoms with Crippen molar-refractivity contribution in [3.8, 4) is 5.75 Å². The van der Waals surface area contributed by atoms with Gasteiger partial charge in [-0.15, -0.1) is 5.10 Å². The molecule has 3 aliphatic carbocycles. The second kappa shape index (κ2) is 7.72. The number of alkyl halides is 3. The lowest BCUT2D eigenvalue weighted by Crippen LogP contribution is -2.66. The molecule has 1 N–H and O–H groups in total. The van der Waals surface area contributed by atoms with Crippen molar-refractivity contribution in [2.24, 2.45) is 5.41 Å². The van der Waals surface area contributed by atoms with Crippen LogP contribution in [0.4, 0.5) is 22.0 Å². The molecule has 3 aliphatic rings. The van der Waals surface area contributed by atoms with E-state index in [4.69, 9.17) is 4.74 Å². The van der Waals surface area contributed by atoms with Crippen molar-refractivity contribution in [1.29, 1.82) is 0 Å². The van der Waals surface area contributed by atoms with Crippen molar-refractivity contribution in [2.45, 2.75) is 49.4 Å². The molecule has 34 heavy (non-hydrogen) atoms. The van der Waals surface area contributed by atoms with Crippen LogP contribution in [0.2, 0.25) is 0 Å². The van der Waals surface area contributed by atoms with Crippen LogP contribution in [-0.4, -0.2) is 38.1 Å². The minimum Gasteiger partial charge on any atom is -0.484 e. The zero-order chi connectivity index (χ0) is 24.2. The van der Waals surface area contributed by atoms with Gasteiger partial charge in [-0.05, 0) is 70.7 Å². The van der Waals surface area contributed by atoms with Crippen molar-refractivity contribution in [3.05, 3.63) is 71.6 Å². The van der Waals surface area contributed by atoms with Crippen LogP contribution in [0.15, 0.2) is 48.8 Å². The first-order valence-electron chi connectivity index (χ1n) is 10.7. The molecule has 6 rings (SSSR count). The molecule has 0 saturated heterocycles. The number of aromatic nitrogens is 4. The van der Waals surface area contributed by atoms with Crippen molar-refractivity contribution >= 4 is 0 Å². The lowest BCUT2D eigenvalue weighted by molar-refractivity contribution is -0.188. The number of benzene rings is 2. The predicted octanol–water partition coefficient (Wildman–Crippen LogP) is 4.29. The molecule has 11 heteroatoms. The number of nitrogens with zero attached hydrogens (tertiary/aromatic N) is 4. The first kappa shape index (κ1) is 22.7. The highest BCUT2D eigenvalue weighted by molar-refractivity contribution is 5.42. The zero-order valence-corrected chi connectivity index (χ0v) is 17.9. The Morgan fingerprint density at radius 3 is 2.32 bits per heavy atom. The summed E-state index contributed by atoms with van der Waals surface area (Å²) in [6.45, 7) is -1.44. The summed E-state index contributed by atoms with van der Waals surface area (Å²) in [4.78, 5) is 0. The molecule has 1 atom stereocenters. The topological polar surface area (TPSA) is 73.1 Å². The summed E-state index contributed by atoms with van der Waals surface area (Å²) >= 11 is 0. The SMILES string of the molecule is O[C@@](Cn1cnnn1)(CC12CC(c3ccc(OCC(F)(F)F)cc3)(C1)C2)c1ccc(F)cc1F. The first-order valence-corrected chi connectivity index (χ1v) is 10.7. The Balaban J connectivity index is 1.30. The van der Waals surface area contributed by atoms with Gasteiger partial charge in [-0.25, -0.2) is 13.5 Å². The van der Waals surface area contributed by atoms with E-state index in [1.54, 1.807) is 12.1 Å². The average molecular weight is 480 g/mol. The molecule has 0 amide bonds. The van der Waals surface area contributed by atoms with Gasteiger partial charge in [0.2, 0.25) is 0 Å². The molecule has 2 aromatic carbocycles. The maximum Gasteiger partial charge on any atom is 0.422 e. The molecule has 0 aliphatic heterocycles. The van der Waals surface area contributed by atoms with Gasteiger partial charge in [0, 0.05) is 11.6 Å². The van der Waals surface area contributed by atoms with Crippen LogP contribution < -0.4 is 4.74 Å². The fourth-order valence-electron chi connectivity index (χ4n) is 5.81. The van der Waals surface area contributed by atoms with E-state index in [1.165, 1.54) is 29.2 Å². The summed E-state index contributed by atoms with van der Waals surface area (Å²) in [5, 5.41) is 22.5. The molecule has 3 aromatic rings. The van der Waals surface area contributed by atoms with Crippen molar-refractivity contribution < 1.29 is 31.8 Å². The van der Waals surface area contributed by atoms with Gasteiger partial charge in [-0.3, -0.25) is 0 Å². The lowest BCUT2D eigenvalue weighted by Gasteiger charge is -2.72. The highest BCUT2D eigenvalue weighted by atomic mass is 19.4. The zero-order valence-electron chi connectivity index (χ0n) is 17.9. The quantitative estimate of drug-likeness (QED) is 0.487. The maximum atomic E-state index is 14.7. The summed E-state index contributed by atoms with van der Waals surface area (Å²) in [5.41, 5.74) is -1.05. The number of halogens is 5. The van der Waals surface area contributed by atoms with Crippen LogP contribution in [0.3, 0.4) is 0 Å². The van der Waals surface area contributed by atoms with Crippen LogP contribution in [0.1, 0.15) is 36.8 Å². The van der Waals surface area contributed by atoms with Gasteiger partial charge in [-0.1, -0.05) is 18.2 Å². The van der Waals surface area contributed by atoms with Crippen molar-refractivity contribution in [2.75, 3.05) is 6.61 Å². The molecule has 6 nitrogen and oxygen atoms in total. The number of hydrogen-bond donors (Lipinski definition) is 1. The van der Waals surface area contributed by atoms with Crippen molar-refractivity contribution in [1.82, 2.24) is 20.2 Å². The Labute approximate surface area is 191 Å². The smallest absolute Gasteiger partial charge is 0.422 e. The molecule has 0 radical (unpaired) electrons. The van der Waals surface area contributed by atoms with Gasteiger partial charge in [0.1, 0.15) is 29.3 Å². The Hall–Kier alpha value is -3.08. The molecule has 1 heterocycles. The largest absolute Gasteiger partial charge is 0.484 e. The highest BCUT2D eigenvalue weighted by Gasteiger charge is 2.69. The molecule has 180 valence electrons. The van der Waals surface area contributed by atoms with Crippen LogP contribution in [0.5, 0.6) is 5.75 Å². The Morgan fingerprint density at radius 2 is 1.74 bits per heavy atom. The predicted molar refractivity (Wildman–Crippen MR) is 109 cm³/mol. The van der Waals surface area contributed by atoms with Gasteiger partial charge in [-0.2, -0.15) is 13.2 Å². The summed E-state index contributed by atoms with van der Waals surface area (Å²) in [7, 11) is 0. The van der Waals surface area contributed by atoms with E-state index in [0.29, 0.717) is 0 Å². The van der Waals surface area contributed by atoms with E-state index >= 15 is 0 Å². The van der Waals surface area contributed by atoms with Gasteiger partial charge < -0.3 is 9.84 Å². The van der Waals surface area contributed by atoms with Crippen molar-refractivity contribution in [3.63, 3.8) is 0 Å². The second-order valence-electron chi connectivity index (χ2n) is 9.58. The molecule has 0 spiro atoms. The number of aliphatic hydroxyl groups is 1. The van der Waals surface area contributed by atoms with Gasteiger partial charge in [0.25, 0.3) is 0 Å². The standard InChI is InChI=1S/C23H21F5N4O2/c24-16-3-6-18(19(25)7-16)22(33,12-32-14-29-30-31-32)11-20-8-21(9-20,10-20)15-1-4-17(5-2-15)34-13-23(26,27)28/h1-7,14,33H,8-13H2/t20?,21?,22-/m1/s1. The molecule has 1 aromatic heterocycles. The van der Waals surface area contributed by atoms with Gasteiger partial charge >= 0.3 is 6.18 Å². The van der Waals surface area contributed by atoms with Crippen LogP contribution in [-0.2, 0) is 17.6 Å². The fraction of sp³-hybridized carbons (Fsp3) is 0.435. The number of rotatable bonds is 8. The minimum absolute atomic E-state index is 0.0191. The Kier molecular flexibility index (Phi) is 5.16. The third kappa shape index (κ3) is 4.13. The highest BCUT2D eigenvalue weighted by Crippen LogP contribution is 2.76. The van der Waals surface area contributed by atoms with E-state index < -0.39 is 30.0 Å². The molecule has 3 saturated carbocycles. The second-order valence-corrected chi connectivity index (χ2v) is 9.58. The number of hydrogen-bond acceptors (Lipinski definition) is 5. The normalized spacial score (nSPS) is 25.2. The fourth-order valence-corrected chi connectivity index (χ4v) is 5.81. The molecule has 3 fully saturated rings. The van der Waals surface area contributed by atoms with E-state index in [9.17, 15) is 27.1 Å². The monoisotopic (exact) mass is 480 g/mol. The van der Waals surface area contributed by atoms with Gasteiger partial charge in [0.15, 0.2) is 6.61 Å². The number of ether oxygens (including phenoxy) is 1. The Bertz CT molecular complexity index is 1160. The van der Waals surface area contributed by atoms with Crippen LogP contribution in [0, 0.1) is 17.0 Å². The molecule has 0 unspecified atom stereocenters. The van der Waals surface area contributed by atoms with Crippen LogP contribution >= 0.6 is 0 Å². The van der Waals surface area contributed by atoms with E-state index in [0.717, 1.165) is 37.0 Å². The summed E-state index contributed by atoms with van der Waals surface area (Å²) in [5.74, 6) is -1.44. The lowest BCUT2D eigenvalue weighted by atomic mass is 9.32. The van der Waals surface area contributed by atoms with Crippen LogP contribution in [0.25, 0.3) is 0 Å². The summed E-state index contributed by atoms with van der Waals surface area (Å²) < 4.78 is 71.3. The average Bonchev–Trinajstić information content (AvgIpc) is 3.20. The first-order chi connectivity index (χ1) is 16.0. The van der Waals surface area contributed by atoms with E-state index in [2.05, 4.69) is 15.5 Å². The molecule has 2 bridgehead atoms.